The third-order valence-corrected chi connectivity index (χ3v) is 3.90. The Bertz CT molecular complexity index is 582. The second-order valence-electron chi connectivity index (χ2n) is 4.91. The van der Waals surface area contributed by atoms with Crippen LogP contribution >= 0.6 is 23.2 Å². The first-order valence-corrected chi connectivity index (χ1v) is 7.73. The summed E-state index contributed by atoms with van der Waals surface area (Å²) in [6.45, 7) is 2.19. The molecule has 1 N–H and O–H groups in total. The number of halogens is 2. The van der Waals surface area contributed by atoms with E-state index in [0.29, 0.717) is 21.5 Å². The Morgan fingerprint density at radius 1 is 1.05 bits per heavy atom. The zero-order chi connectivity index (χ0) is 15.2. The van der Waals surface area contributed by atoms with Crippen LogP contribution in [-0.2, 0) is 0 Å². The third-order valence-electron chi connectivity index (χ3n) is 3.32. The highest BCUT2D eigenvalue weighted by molar-refractivity contribution is 6.31. The van der Waals surface area contributed by atoms with Crippen LogP contribution in [0.25, 0.3) is 0 Å². The molecule has 0 amide bonds. The van der Waals surface area contributed by atoms with Gasteiger partial charge in [0.05, 0.1) is 0 Å². The van der Waals surface area contributed by atoms with E-state index < -0.39 is 0 Å². The molecule has 0 fully saturated rings. The minimum atomic E-state index is 0.0760. The van der Waals surface area contributed by atoms with Crippen molar-refractivity contribution in [2.75, 3.05) is 6.61 Å². The van der Waals surface area contributed by atoms with Gasteiger partial charge in [0, 0.05) is 22.6 Å². The number of aliphatic hydroxyl groups excluding tert-OH is 1. The summed E-state index contributed by atoms with van der Waals surface area (Å²) in [5, 5.41) is 10.8. The third kappa shape index (κ3) is 4.37. The van der Waals surface area contributed by atoms with Gasteiger partial charge >= 0.3 is 0 Å². The van der Waals surface area contributed by atoms with Crippen LogP contribution in [0.3, 0.4) is 0 Å². The second kappa shape index (κ2) is 7.69. The zero-order valence-electron chi connectivity index (χ0n) is 11.9. The molecular weight excluding hydrogens is 307 g/mol. The quantitative estimate of drug-likeness (QED) is 0.742. The van der Waals surface area contributed by atoms with E-state index in [0.717, 1.165) is 18.4 Å². The summed E-state index contributed by atoms with van der Waals surface area (Å²) < 4.78 is 5.74. The van der Waals surface area contributed by atoms with Crippen molar-refractivity contribution < 1.29 is 9.84 Å². The maximum atomic E-state index is 9.46. The summed E-state index contributed by atoms with van der Waals surface area (Å²) in [4.78, 5) is 0. The topological polar surface area (TPSA) is 29.5 Å². The largest absolute Gasteiger partial charge is 0.457 e. The standard InChI is InChI=1S/C17H18Cl2O2/c1-2-3-12(11-20)16-9-8-15(10-17(16)19)21-14-6-4-13(18)5-7-14/h4-10,12,20H,2-3,11H2,1H3/t12-/m0/s1. The number of benzene rings is 2. The monoisotopic (exact) mass is 324 g/mol. The molecule has 0 unspecified atom stereocenters. The van der Waals surface area contributed by atoms with Crippen LogP contribution in [0, 0.1) is 0 Å². The van der Waals surface area contributed by atoms with E-state index in [1.54, 1.807) is 30.3 Å². The highest BCUT2D eigenvalue weighted by atomic mass is 35.5. The maximum absolute atomic E-state index is 9.46. The smallest absolute Gasteiger partial charge is 0.128 e. The maximum Gasteiger partial charge on any atom is 0.128 e. The summed E-state index contributed by atoms with van der Waals surface area (Å²) in [6, 6.07) is 12.7. The van der Waals surface area contributed by atoms with Gasteiger partial charge in [-0.2, -0.15) is 0 Å². The van der Waals surface area contributed by atoms with Gasteiger partial charge in [-0.1, -0.05) is 42.6 Å². The van der Waals surface area contributed by atoms with E-state index in [4.69, 9.17) is 27.9 Å². The van der Waals surface area contributed by atoms with Crippen LogP contribution in [-0.4, -0.2) is 11.7 Å². The molecule has 2 rings (SSSR count). The molecule has 0 saturated heterocycles. The molecule has 0 radical (unpaired) electrons. The molecule has 0 bridgehead atoms. The van der Waals surface area contributed by atoms with Gasteiger partial charge in [-0.05, 0) is 48.4 Å². The van der Waals surface area contributed by atoms with E-state index in [1.807, 2.05) is 12.1 Å². The van der Waals surface area contributed by atoms with Crippen molar-refractivity contribution in [1.82, 2.24) is 0 Å². The van der Waals surface area contributed by atoms with Crippen LogP contribution < -0.4 is 4.74 Å². The Morgan fingerprint density at radius 3 is 2.29 bits per heavy atom. The predicted molar refractivity (Wildman–Crippen MR) is 87.7 cm³/mol. The van der Waals surface area contributed by atoms with Gasteiger partial charge in [0.25, 0.3) is 0 Å². The first kappa shape index (κ1) is 16.2. The molecule has 2 aromatic rings. The normalized spacial score (nSPS) is 12.2. The van der Waals surface area contributed by atoms with Crippen LogP contribution in [0.1, 0.15) is 31.2 Å². The summed E-state index contributed by atoms with van der Waals surface area (Å²) >= 11 is 12.2. The van der Waals surface area contributed by atoms with E-state index in [9.17, 15) is 5.11 Å². The van der Waals surface area contributed by atoms with Crippen molar-refractivity contribution in [2.24, 2.45) is 0 Å². The van der Waals surface area contributed by atoms with Crippen molar-refractivity contribution in [2.45, 2.75) is 25.7 Å². The Balaban J connectivity index is 2.16. The molecule has 0 aliphatic carbocycles. The van der Waals surface area contributed by atoms with Gasteiger partial charge < -0.3 is 9.84 Å². The average molecular weight is 325 g/mol. The van der Waals surface area contributed by atoms with Crippen LogP contribution in [0.2, 0.25) is 10.0 Å². The highest BCUT2D eigenvalue weighted by Gasteiger charge is 2.14. The Morgan fingerprint density at radius 2 is 1.71 bits per heavy atom. The summed E-state index contributed by atoms with van der Waals surface area (Å²) in [5.74, 6) is 1.45. The van der Waals surface area contributed by atoms with Crippen molar-refractivity contribution in [3.05, 3.63) is 58.1 Å². The van der Waals surface area contributed by atoms with Crippen LogP contribution in [0.5, 0.6) is 11.5 Å². The molecule has 0 saturated carbocycles. The molecule has 0 aliphatic rings. The number of hydrogen-bond donors (Lipinski definition) is 1. The lowest BCUT2D eigenvalue weighted by atomic mass is 9.95. The van der Waals surface area contributed by atoms with Gasteiger partial charge in [0.15, 0.2) is 0 Å². The average Bonchev–Trinajstić information content (AvgIpc) is 2.48. The van der Waals surface area contributed by atoms with Gasteiger partial charge in [0.2, 0.25) is 0 Å². The Kier molecular flexibility index (Phi) is 5.92. The van der Waals surface area contributed by atoms with Crippen LogP contribution in [0.15, 0.2) is 42.5 Å². The SMILES string of the molecule is CCC[C@@H](CO)c1ccc(Oc2ccc(Cl)cc2)cc1Cl. The molecule has 2 aromatic carbocycles. The van der Waals surface area contributed by atoms with Gasteiger partial charge in [-0.25, -0.2) is 0 Å². The van der Waals surface area contributed by atoms with E-state index >= 15 is 0 Å². The number of aliphatic hydroxyl groups is 1. The van der Waals surface area contributed by atoms with Crippen molar-refractivity contribution >= 4 is 23.2 Å². The van der Waals surface area contributed by atoms with Crippen molar-refractivity contribution in [1.29, 1.82) is 0 Å². The molecule has 0 aliphatic heterocycles. The predicted octanol–water partition coefficient (Wildman–Crippen LogP) is 5.66. The lowest BCUT2D eigenvalue weighted by molar-refractivity contribution is 0.258. The molecule has 0 heterocycles. The fraction of sp³-hybridized carbons (Fsp3) is 0.294. The second-order valence-corrected chi connectivity index (χ2v) is 5.75. The van der Waals surface area contributed by atoms with Crippen LogP contribution in [0.4, 0.5) is 0 Å². The summed E-state index contributed by atoms with van der Waals surface area (Å²) in [7, 11) is 0. The zero-order valence-corrected chi connectivity index (χ0v) is 13.4. The molecule has 1 atom stereocenters. The first-order valence-electron chi connectivity index (χ1n) is 6.97. The first-order chi connectivity index (χ1) is 10.1. The molecule has 2 nitrogen and oxygen atoms in total. The van der Waals surface area contributed by atoms with Gasteiger partial charge in [0.1, 0.15) is 11.5 Å². The molecule has 4 heteroatoms. The Hall–Kier alpha value is -1.22. The summed E-state index contributed by atoms with van der Waals surface area (Å²) in [5.41, 5.74) is 0.962. The number of rotatable bonds is 6. The van der Waals surface area contributed by atoms with E-state index in [2.05, 4.69) is 6.92 Å². The molecule has 112 valence electrons. The summed E-state index contributed by atoms with van der Waals surface area (Å²) in [6.07, 6.45) is 1.91. The molecule has 21 heavy (non-hydrogen) atoms. The van der Waals surface area contributed by atoms with Crippen molar-refractivity contribution in [3.63, 3.8) is 0 Å². The van der Waals surface area contributed by atoms with Crippen molar-refractivity contribution in [3.8, 4) is 11.5 Å². The minimum Gasteiger partial charge on any atom is -0.457 e. The minimum absolute atomic E-state index is 0.0760. The van der Waals surface area contributed by atoms with E-state index in [1.165, 1.54) is 0 Å². The van der Waals surface area contributed by atoms with E-state index in [-0.39, 0.29) is 12.5 Å². The lowest BCUT2D eigenvalue weighted by Crippen LogP contribution is -2.04. The molecule has 0 spiro atoms. The highest BCUT2D eigenvalue weighted by Crippen LogP contribution is 2.32. The lowest BCUT2D eigenvalue weighted by Gasteiger charge is -2.16. The Labute approximate surface area is 135 Å². The fourth-order valence-corrected chi connectivity index (χ4v) is 2.69. The number of hydrogen-bond acceptors (Lipinski definition) is 2. The number of ether oxygens (including phenoxy) is 1. The van der Waals surface area contributed by atoms with Gasteiger partial charge in [-0.15, -0.1) is 0 Å². The molecule has 0 aromatic heterocycles. The van der Waals surface area contributed by atoms with Gasteiger partial charge in [-0.3, -0.25) is 0 Å². The fourth-order valence-electron chi connectivity index (χ4n) is 2.23. The molecular formula is C17H18Cl2O2.